The van der Waals surface area contributed by atoms with Gasteiger partial charge in [-0.05, 0) is 40.0 Å². The Bertz CT molecular complexity index is 663. The van der Waals surface area contributed by atoms with Crippen molar-refractivity contribution in [2.75, 3.05) is 0 Å². The Labute approximate surface area is 135 Å². The molecule has 100 valence electrons. The van der Waals surface area contributed by atoms with Crippen molar-refractivity contribution in [2.45, 2.75) is 19.8 Å². The van der Waals surface area contributed by atoms with Crippen LogP contribution in [0.2, 0.25) is 10.0 Å². The Balaban J connectivity index is 2.66. The molecule has 0 aliphatic carbocycles. The molecule has 2 aromatic rings. The van der Waals surface area contributed by atoms with Crippen LogP contribution >= 0.6 is 51.3 Å². The molecule has 0 saturated heterocycles. The number of halogens is 3. The molecule has 2 nitrogen and oxygen atoms in total. The van der Waals surface area contributed by atoms with Gasteiger partial charge < -0.3 is 4.98 Å². The van der Waals surface area contributed by atoms with Gasteiger partial charge in [-0.15, -0.1) is 0 Å². The van der Waals surface area contributed by atoms with Crippen LogP contribution in [0.1, 0.15) is 25.5 Å². The molecule has 0 saturated carbocycles. The van der Waals surface area contributed by atoms with Gasteiger partial charge in [-0.1, -0.05) is 49.3 Å². The fourth-order valence-corrected chi connectivity index (χ4v) is 3.07. The third-order valence-electron chi connectivity index (χ3n) is 2.60. The van der Waals surface area contributed by atoms with Gasteiger partial charge in [-0.2, -0.15) is 0 Å². The molecule has 1 aromatic carbocycles. The third kappa shape index (κ3) is 3.37. The smallest absolute Gasteiger partial charge is 0.144 e. The lowest BCUT2D eigenvalue weighted by Crippen LogP contribution is -2.00. The van der Waals surface area contributed by atoms with Crippen LogP contribution in [-0.2, 0) is 0 Å². The van der Waals surface area contributed by atoms with E-state index in [0.29, 0.717) is 26.4 Å². The summed E-state index contributed by atoms with van der Waals surface area (Å²) in [6, 6.07) is 5.29. The summed E-state index contributed by atoms with van der Waals surface area (Å²) >= 11 is 20.8. The normalized spacial score (nSPS) is 11.1. The number of benzene rings is 1. The van der Waals surface area contributed by atoms with E-state index < -0.39 is 0 Å². The maximum atomic E-state index is 6.01. The molecule has 1 aromatic heterocycles. The van der Waals surface area contributed by atoms with E-state index in [9.17, 15) is 0 Å². The number of hydrogen-bond donors (Lipinski definition) is 1. The Morgan fingerprint density at radius 2 is 1.79 bits per heavy atom. The lowest BCUT2D eigenvalue weighted by atomic mass is 10.1. The maximum absolute atomic E-state index is 6.01. The third-order valence-corrected chi connectivity index (χ3v) is 4.40. The zero-order valence-electron chi connectivity index (χ0n) is 10.3. The molecule has 1 heterocycles. The van der Waals surface area contributed by atoms with Crippen molar-refractivity contribution in [3.63, 3.8) is 0 Å². The molecule has 0 unspecified atom stereocenters. The number of H-pyrrole nitrogens is 1. The zero-order chi connectivity index (χ0) is 14.2. The minimum Gasteiger partial charge on any atom is -0.342 e. The molecule has 19 heavy (non-hydrogen) atoms. The van der Waals surface area contributed by atoms with Crippen molar-refractivity contribution >= 4 is 51.3 Å². The van der Waals surface area contributed by atoms with Crippen molar-refractivity contribution in [2.24, 2.45) is 0 Å². The van der Waals surface area contributed by atoms with Crippen LogP contribution in [0.15, 0.2) is 22.7 Å². The Morgan fingerprint density at radius 3 is 2.32 bits per heavy atom. The number of aromatic amines is 1. The largest absolute Gasteiger partial charge is 0.342 e. The lowest BCUT2D eigenvalue weighted by Gasteiger charge is -2.11. The van der Waals surface area contributed by atoms with Gasteiger partial charge in [0.2, 0.25) is 0 Å². The predicted octanol–water partition coefficient (Wildman–Crippen LogP) is 6.00. The average molecular weight is 378 g/mol. The molecule has 0 aliphatic rings. The van der Waals surface area contributed by atoms with E-state index in [2.05, 4.69) is 39.7 Å². The van der Waals surface area contributed by atoms with Crippen LogP contribution in [0, 0.1) is 4.64 Å². The van der Waals surface area contributed by atoms with Crippen LogP contribution in [-0.4, -0.2) is 9.97 Å². The quantitative estimate of drug-likeness (QED) is 0.650. The number of aromatic nitrogens is 2. The van der Waals surface area contributed by atoms with E-state index in [1.165, 1.54) is 0 Å². The predicted molar refractivity (Wildman–Crippen MR) is 86.7 cm³/mol. The highest BCUT2D eigenvalue weighted by Gasteiger charge is 2.11. The number of nitrogens with one attached hydrogen (secondary N) is 1. The fourth-order valence-electron chi connectivity index (χ4n) is 1.70. The van der Waals surface area contributed by atoms with E-state index in [0.717, 1.165) is 15.7 Å². The molecule has 0 bridgehead atoms. The number of hydrogen-bond acceptors (Lipinski definition) is 2. The second-order valence-corrected chi connectivity index (χ2v) is 6.48. The van der Waals surface area contributed by atoms with Crippen molar-refractivity contribution in [3.8, 4) is 11.4 Å². The first-order chi connectivity index (χ1) is 8.88. The van der Waals surface area contributed by atoms with Crippen LogP contribution in [0.4, 0.5) is 0 Å². The van der Waals surface area contributed by atoms with Gasteiger partial charge >= 0.3 is 0 Å². The zero-order valence-corrected chi connectivity index (χ0v) is 14.2. The van der Waals surface area contributed by atoms with Crippen LogP contribution in [0.5, 0.6) is 0 Å². The average Bonchev–Trinajstić information content (AvgIpc) is 2.30. The first-order valence-electron chi connectivity index (χ1n) is 5.64. The van der Waals surface area contributed by atoms with Crippen LogP contribution < -0.4 is 0 Å². The summed E-state index contributed by atoms with van der Waals surface area (Å²) in [4.78, 5) is 7.65. The highest BCUT2D eigenvalue weighted by Crippen LogP contribution is 2.29. The van der Waals surface area contributed by atoms with Gasteiger partial charge in [0.25, 0.3) is 0 Å². The second kappa shape index (κ2) is 5.92. The molecule has 6 heteroatoms. The summed E-state index contributed by atoms with van der Waals surface area (Å²) in [6.07, 6.45) is 0. The van der Waals surface area contributed by atoms with Gasteiger partial charge in [0.05, 0.1) is 4.47 Å². The van der Waals surface area contributed by atoms with Gasteiger partial charge in [-0.25, -0.2) is 4.98 Å². The number of nitrogens with zero attached hydrogens (tertiary/aromatic N) is 1. The topological polar surface area (TPSA) is 28.7 Å². The summed E-state index contributed by atoms with van der Waals surface area (Å²) in [7, 11) is 0. The first-order valence-corrected chi connectivity index (χ1v) is 7.60. The Hall–Kier alpha value is -0.420. The SMILES string of the molecule is CC(C)c1[nH]c(-c2cc(Cl)cc(Cl)c2)nc(=S)c1Br. The minimum atomic E-state index is 0.299. The van der Waals surface area contributed by atoms with Crippen LogP contribution in [0.25, 0.3) is 11.4 Å². The summed E-state index contributed by atoms with van der Waals surface area (Å²) in [5.41, 5.74) is 1.82. The summed E-state index contributed by atoms with van der Waals surface area (Å²) < 4.78 is 1.35. The van der Waals surface area contributed by atoms with E-state index >= 15 is 0 Å². The van der Waals surface area contributed by atoms with Crippen molar-refractivity contribution < 1.29 is 0 Å². The van der Waals surface area contributed by atoms with Gasteiger partial charge in [-0.3, -0.25) is 0 Å². The minimum absolute atomic E-state index is 0.299. The Morgan fingerprint density at radius 1 is 1.21 bits per heavy atom. The standard InChI is InChI=1S/C13H11BrCl2N2S/c1-6(2)11-10(14)13(19)18-12(17-11)7-3-8(15)5-9(16)4-7/h3-6H,1-2H3,(H,17,18,19). The highest BCUT2D eigenvalue weighted by molar-refractivity contribution is 9.10. The molecule has 0 spiro atoms. The summed E-state index contributed by atoms with van der Waals surface area (Å²) in [5.74, 6) is 0.966. The monoisotopic (exact) mass is 376 g/mol. The second-order valence-electron chi connectivity index (χ2n) is 4.43. The number of rotatable bonds is 2. The first kappa shape index (κ1) is 15.0. The molecule has 0 radical (unpaired) electrons. The van der Waals surface area contributed by atoms with E-state index in [4.69, 9.17) is 35.4 Å². The van der Waals surface area contributed by atoms with Gasteiger partial charge in [0.1, 0.15) is 10.5 Å². The van der Waals surface area contributed by atoms with E-state index in [-0.39, 0.29) is 0 Å². The molecule has 0 amide bonds. The highest BCUT2D eigenvalue weighted by atomic mass is 79.9. The molecular weight excluding hydrogens is 367 g/mol. The fraction of sp³-hybridized carbons (Fsp3) is 0.231. The van der Waals surface area contributed by atoms with Crippen LogP contribution in [0.3, 0.4) is 0 Å². The van der Waals surface area contributed by atoms with E-state index in [1.807, 2.05) is 0 Å². The van der Waals surface area contributed by atoms with Gasteiger partial charge in [0.15, 0.2) is 0 Å². The lowest BCUT2D eigenvalue weighted by molar-refractivity contribution is 0.807. The molecule has 0 fully saturated rings. The maximum Gasteiger partial charge on any atom is 0.144 e. The summed E-state index contributed by atoms with van der Waals surface area (Å²) in [6.45, 7) is 4.17. The summed E-state index contributed by atoms with van der Waals surface area (Å²) in [5, 5.41) is 1.13. The molecule has 2 rings (SSSR count). The van der Waals surface area contributed by atoms with Crippen molar-refractivity contribution in [1.29, 1.82) is 0 Å². The van der Waals surface area contributed by atoms with Crippen molar-refractivity contribution in [3.05, 3.63) is 43.1 Å². The van der Waals surface area contributed by atoms with Gasteiger partial charge in [0, 0.05) is 21.3 Å². The van der Waals surface area contributed by atoms with Crippen molar-refractivity contribution in [1.82, 2.24) is 9.97 Å². The Kier molecular flexibility index (Phi) is 4.66. The molecule has 1 N–H and O–H groups in total. The molecule has 0 atom stereocenters. The van der Waals surface area contributed by atoms with E-state index in [1.54, 1.807) is 18.2 Å². The molecular formula is C13H11BrCl2N2S. The molecule has 0 aliphatic heterocycles.